The molecule has 1 amide bonds. The molecule has 5 nitrogen and oxygen atoms in total. The van der Waals surface area contributed by atoms with Gasteiger partial charge in [-0.3, -0.25) is 9.89 Å². The Labute approximate surface area is 150 Å². The van der Waals surface area contributed by atoms with Crippen LogP contribution in [0, 0.1) is 0 Å². The van der Waals surface area contributed by atoms with Crippen LogP contribution in [0.5, 0.6) is 0 Å². The molecule has 0 fully saturated rings. The molecule has 0 radical (unpaired) electrons. The summed E-state index contributed by atoms with van der Waals surface area (Å²) >= 11 is 1.59. The van der Waals surface area contributed by atoms with Crippen molar-refractivity contribution in [1.29, 1.82) is 0 Å². The van der Waals surface area contributed by atoms with Gasteiger partial charge < -0.3 is 0 Å². The van der Waals surface area contributed by atoms with E-state index in [9.17, 15) is 4.79 Å². The molecule has 3 rings (SSSR count). The van der Waals surface area contributed by atoms with E-state index in [0.29, 0.717) is 5.69 Å². The molecule has 0 atom stereocenters. The first-order chi connectivity index (χ1) is 11.9. The molecule has 25 heavy (non-hydrogen) atoms. The van der Waals surface area contributed by atoms with Crippen LogP contribution in [0.25, 0.3) is 10.6 Å². The van der Waals surface area contributed by atoms with Gasteiger partial charge in [0.25, 0.3) is 5.91 Å². The van der Waals surface area contributed by atoms with E-state index >= 15 is 0 Å². The highest BCUT2D eigenvalue weighted by Gasteiger charge is 2.13. The zero-order valence-corrected chi connectivity index (χ0v) is 15.2. The second-order valence-electron chi connectivity index (χ2n) is 6.72. The predicted molar refractivity (Wildman–Crippen MR) is 102 cm³/mol. The number of carbonyl (C=O) groups is 1. The largest absolute Gasteiger partial charge is 0.291 e. The summed E-state index contributed by atoms with van der Waals surface area (Å²) in [6.07, 6.45) is 1.62. The number of amides is 1. The van der Waals surface area contributed by atoms with Crippen LogP contribution in [0.2, 0.25) is 0 Å². The molecule has 0 saturated carbocycles. The van der Waals surface area contributed by atoms with E-state index in [1.54, 1.807) is 23.6 Å². The monoisotopic (exact) mass is 352 g/mol. The standard InChI is InChI=1S/C19H20N4OS/c1-19(2,3)14-8-6-13(7-9-14)12-20-23-18(24)16-11-15(21-22-16)17-5-4-10-25-17/h4-12H,1-3H3,(H,21,22)(H,23,24)/b20-12-. The molecule has 1 aromatic carbocycles. The fourth-order valence-electron chi connectivity index (χ4n) is 2.29. The zero-order valence-electron chi connectivity index (χ0n) is 14.4. The lowest BCUT2D eigenvalue weighted by Gasteiger charge is -2.18. The highest BCUT2D eigenvalue weighted by atomic mass is 32.1. The molecule has 2 heterocycles. The van der Waals surface area contributed by atoms with Crippen molar-refractivity contribution in [2.45, 2.75) is 26.2 Å². The highest BCUT2D eigenvalue weighted by molar-refractivity contribution is 7.13. The Morgan fingerprint density at radius 2 is 2.00 bits per heavy atom. The first-order valence-corrected chi connectivity index (χ1v) is 8.85. The lowest BCUT2D eigenvalue weighted by Crippen LogP contribution is -2.18. The molecule has 0 spiro atoms. The Balaban J connectivity index is 1.61. The van der Waals surface area contributed by atoms with Crippen LogP contribution in [0.1, 0.15) is 42.4 Å². The van der Waals surface area contributed by atoms with Crippen LogP contribution in [-0.4, -0.2) is 22.3 Å². The molecule has 3 aromatic rings. The number of rotatable bonds is 4. The number of aromatic amines is 1. The van der Waals surface area contributed by atoms with Gasteiger partial charge in [-0.25, -0.2) is 5.43 Å². The third-order valence-corrected chi connectivity index (χ3v) is 4.66. The Bertz CT molecular complexity index is 871. The van der Waals surface area contributed by atoms with Crippen LogP contribution in [0.15, 0.2) is 52.9 Å². The smallest absolute Gasteiger partial charge is 0.276 e. The molecular weight excluding hydrogens is 332 g/mol. The lowest BCUT2D eigenvalue weighted by molar-refractivity contribution is 0.0950. The molecule has 0 bridgehead atoms. The van der Waals surface area contributed by atoms with E-state index in [-0.39, 0.29) is 11.3 Å². The van der Waals surface area contributed by atoms with Crippen LogP contribution < -0.4 is 5.43 Å². The summed E-state index contributed by atoms with van der Waals surface area (Å²) in [5, 5.41) is 12.9. The van der Waals surface area contributed by atoms with Crippen LogP contribution >= 0.6 is 11.3 Å². The van der Waals surface area contributed by atoms with Gasteiger partial charge in [-0.15, -0.1) is 11.3 Å². The average molecular weight is 352 g/mol. The SMILES string of the molecule is CC(C)(C)c1ccc(/C=N\NC(=O)c2cc(-c3cccs3)[nH]n2)cc1. The van der Waals surface area contributed by atoms with Crippen molar-refractivity contribution in [2.24, 2.45) is 5.10 Å². The number of thiophene rings is 1. The lowest BCUT2D eigenvalue weighted by atomic mass is 9.87. The van der Waals surface area contributed by atoms with Gasteiger partial charge in [0.1, 0.15) is 0 Å². The predicted octanol–water partition coefficient (Wildman–Crippen LogP) is 4.20. The Morgan fingerprint density at radius 3 is 2.64 bits per heavy atom. The fraction of sp³-hybridized carbons (Fsp3) is 0.211. The number of H-pyrrole nitrogens is 1. The minimum absolute atomic E-state index is 0.115. The van der Waals surface area contributed by atoms with Gasteiger partial charge in [0.2, 0.25) is 0 Å². The van der Waals surface area contributed by atoms with Crippen LogP contribution in [0.4, 0.5) is 0 Å². The van der Waals surface area contributed by atoms with Gasteiger partial charge in [-0.1, -0.05) is 51.1 Å². The second kappa shape index (κ2) is 7.03. The molecule has 128 valence electrons. The van der Waals surface area contributed by atoms with Gasteiger partial charge in [0, 0.05) is 0 Å². The highest BCUT2D eigenvalue weighted by Crippen LogP contribution is 2.23. The van der Waals surface area contributed by atoms with Crippen molar-refractivity contribution in [1.82, 2.24) is 15.6 Å². The molecule has 2 N–H and O–H groups in total. The van der Waals surface area contributed by atoms with Crippen molar-refractivity contribution in [3.63, 3.8) is 0 Å². The maximum Gasteiger partial charge on any atom is 0.291 e. The first-order valence-electron chi connectivity index (χ1n) is 7.97. The van der Waals surface area contributed by atoms with Crippen molar-refractivity contribution in [3.8, 4) is 10.6 Å². The van der Waals surface area contributed by atoms with Gasteiger partial charge in [-0.05, 0) is 34.1 Å². The number of hydrogen-bond acceptors (Lipinski definition) is 4. The average Bonchev–Trinajstić information content (AvgIpc) is 3.25. The molecule has 2 aromatic heterocycles. The van der Waals surface area contributed by atoms with Gasteiger partial charge in [0.05, 0.1) is 16.8 Å². The van der Waals surface area contributed by atoms with E-state index in [0.717, 1.165) is 16.1 Å². The minimum Gasteiger partial charge on any atom is -0.276 e. The number of hydrazone groups is 1. The Hall–Kier alpha value is -2.73. The summed E-state index contributed by atoms with van der Waals surface area (Å²) in [5.74, 6) is -0.346. The van der Waals surface area contributed by atoms with E-state index in [2.05, 4.69) is 53.6 Å². The van der Waals surface area contributed by atoms with Crippen LogP contribution in [0.3, 0.4) is 0 Å². The third kappa shape index (κ3) is 4.22. The van der Waals surface area contributed by atoms with Gasteiger partial charge in [0.15, 0.2) is 5.69 Å². The number of hydrogen-bond donors (Lipinski definition) is 2. The molecule has 0 unspecified atom stereocenters. The summed E-state index contributed by atoms with van der Waals surface area (Å²) in [7, 11) is 0. The van der Waals surface area contributed by atoms with Gasteiger partial charge in [-0.2, -0.15) is 10.2 Å². The Kier molecular flexibility index (Phi) is 4.81. The molecule has 0 saturated heterocycles. The molecule has 0 aliphatic carbocycles. The van der Waals surface area contributed by atoms with E-state index in [4.69, 9.17) is 0 Å². The zero-order chi connectivity index (χ0) is 17.9. The van der Waals surface area contributed by atoms with Gasteiger partial charge >= 0.3 is 0 Å². The quantitative estimate of drug-likeness (QED) is 0.546. The second-order valence-corrected chi connectivity index (χ2v) is 7.66. The first kappa shape index (κ1) is 17.1. The fourth-order valence-corrected chi connectivity index (χ4v) is 2.98. The summed E-state index contributed by atoms with van der Waals surface area (Å²) in [5.41, 5.74) is 5.93. The third-order valence-electron chi connectivity index (χ3n) is 3.75. The maximum atomic E-state index is 12.1. The number of nitrogens with one attached hydrogen (secondary N) is 2. The maximum absolute atomic E-state index is 12.1. The van der Waals surface area contributed by atoms with Crippen molar-refractivity contribution in [3.05, 3.63) is 64.7 Å². The van der Waals surface area contributed by atoms with E-state index < -0.39 is 0 Å². The van der Waals surface area contributed by atoms with Crippen molar-refractivity contribution < 1.29 is 4.79 Å². The number of benzene rings is 1. The molecule has 0 aliphatic heterocycles. The topological polar surface area (TPSA) is 70.1 Å². The normalized spacial score (nSPS) is 11.8. The van der Waals surface area contributed by atoms with E-state index in [1.165, 1.54) is 5.56 Å². The molecular formula is C19H20N4OS. The summed E-state index contributed by atoms with van der Waals surface area (Å²) < 4.78 is 0. The molecule has 6 heteroatoms. The number of carbonyl (C=O) groups excluding carboxylic acids is 1. The molecule has 0 aliphatic rings. The van der Waals surface area contributed by atoms with Crippen molar-refractivity contribution >= 4 is 23.5 Å². The summed E-state index contributed by atoms with van der Waals surface area (Å²) in [6, 6.07) is 13.8. The minimum atomic E-state index is -0.346. The van der Waals surface area contributed by atoms with Crippen LogP contribution in [-0.2, 0) is 5.41 Å². The number of nitrogens with zero attached hydrogens (tertiary/aromatic N) is 2. The summed E-state index contributed by atoms with van der Waals surface area (Å²) in [4.78, 5) is 13.1. The van der Waals surface area contributed by atoms with E-state index in [1.807, 2.05) is 29.6 Å². The Morgan fingerprint density at radius 1 is 1.24 bits per heavy atom. The summed E-state index contributed by atoms with van der Waals surface area (Å²) in [6.45, 7) is 6.51. The number of aromatic nitrogens is 2. The van der Waals surface area contributed by atoms with Crippen molar-refractivity contribution in [2.75, 3.05) is 0 Å².